The van der Waals surface area contributed by atoms with Gasteiger partial charge in [-0.05, 0) is 36.5 Å². The summed E-state index contributed by atoms with van der Waals surface area (Å²) in [4.78, 5) is 4.29. The lowest BCUT2D eigenvalue weighted by Gasteiger charge is -2.01. The second kappa shape index (κ2) is 3.62. The summed E-state index contributed by atoms with van der Waals surface area (Å²) in [5.41, 5.74) is 4.19. The van der Waals surface area contributed by atoms with E-state index in [1.807, 2.05) is 5.38 Å². The second-order valence-electron chi connectivity index (χ2n) is 3.81. The van der Waals surface area contributed by atoms with E-state index in [0.29, 0.717) is 5.15 Å². The van der Waals surface area contributed by atoms with Crippen LogP contribution in [0.4, 0.5) is 0 Å². The Kier molecular flexibility index (Phi) is 2.26. The maximum absolute atomic E-state index is 5.83. The molecule has 1 aliphatic rings. The molecule has 1 aromatic carbocycles. The Morgan fingerprint density at radius 1 is 1.20 bits per heavy atom. The lowest BCUT2D eigenvalue weighted by Crippen LogP contribution is -1.83. The van der Waals surface area contributed by atoms with Crippen molar-refractivity contribution in [2.24, 2.45) is 0 Å². The van der Waals surface area contributed by atoms with Crippen molar-refractivity contribution in [2.45, 2.75) is 19.3 Å². The normalized spacial score (nSPS) is 14.2. The van der Waals surface area contributed by atoms with E-state index in [2.05, 4.69) is 23.2 Å². The largest absolute Gasteiger partial charge is 0.224 e. The molecule has 0 saturated heterocycles. The Balaban J connectivity index is 2.06. The van der Waals surface area contributed by atoms with Crippen molar-refractivity contribution < 1.29 is 0 Å². The van der Waals surface area contributed by atoms with Gasteiger partial charge in [0, 0.05) is 10.9 Å². The molecule has 76 valence electrons. The van der Waals surface area contributed by atoms with Crippen LogP contribution in [0.2, 0.25) is 5.15 Å². The topological polar surface area (TPSA) is 12.9 Å². The number of hydrogen-bond acceptors (Lipinski definition) is 2. The van der Waals surface area contributed by atoms with Gasteiger partial charge in [-0.3, -0.25) is 0 Å². The molecular weight excluding hydrogens is 226 g/mol. The van der Waals surface area contributed by atoms with Crippen LogP contribution in [-0.4, -0.2) is 4.98 Å². The first-order chi connectivity index (χ1) is 7.33. The minimum Gasteiger partial charge on any atom is -0.224 e. The van der Waals surface area contributed by atoms with E-state index >= 15 is 0 Å². The molecule has 0 bridgehead atoms. The number of nitrogens with zero attached hydrogens (tertiary/aromatic N) is 1. The minimum absolute atomic E-state index is 0.593. The molecule has 0 unspecified atom stereocenters. The summed E-state index contributed by atoms with van der Waals surface area (Å²) in [7, 11) is 0. The molecule has 2 aromatic rings. The van der Waals surface area contributed by atoms with E-state index in [4.69, 9.17) is 11.6 Å². The maximum atomic E-state index is 5.83. The summed E-state index contributed by atoms with van der Waals surface area (Å²) in [6, 6.07) is 6.64. The van der Waals surface area contributed by atoms with Gasteiger partial charge in [0.15, 0.2) is 0 Å². The number of aryl methyl sites for hydroxylation is 2. The zero-order valence-corrected chi connectivity index (χ0v) is 9.74. The Labute approximate surface area is 97.7 Å². The van der Waals surface area contributed by atoms with E-state index in [1.54, 1.807) is 11.3 Å². The first-order valence-electron chi connectivity index (χ1n) is 5.06. The molecule has 1 heterocycles. The summed E-state index contributed by atoms with van der Waals surface area (Å²) in [5, 5.41) is 3.50. The summed E-state index contributed by atoms with van der Waals surface area (Å²) >= 11 is 7.43. The standard InChI is InChI=1S/C12H10ClNS/c13-11-7-15-12(14-11)10-5-4-8-2-1-3-9(8)6-10/h4-7H,1-3H2. The molecule has 3 rings (SSSR count). The van der Waals surface area contributed by atoms with Crippen molar-refractivity contribution in [1.82, 2.24) is 4.98 Å². The van der Waals surface area contributed by atoms with Crippen LogP contribution >= 0.6 is 22.9 Å². The highest BCUT2D eigenvalue weighted by molar-refractivity contribution is 7.13. The monoisotopic (exact) mass is 235 g/mol. The Bertz CT molecular complexity index is 504. The molecule has 0 atom stereocenters. The summed E-state index contributed by atoms with van der Waals surface area (Å²) in [6.07, 6.45) is 3.73. The lowest BCUT2D eigenvalue weighted by atomic mass is 10.1. The molecule has 3 heteroatoms. The molecule has 15 heavy (non-hydrogen) atoms. The highest BCUT2D eigenvalue weighted by atomic mass is 35.5. The van der Waals surface area contributed by atoms with Gasteiger partial charge in [-0.2, -0.15) is 0 Å². The molecule has 1 nitrogen and oxygen atoms in total. The van der Waals surface area contributed by atoms with Crippen LogP contribution < -0.4 is 0 Å². The molecule has 0 spiro atoms. The predicted octanol–water partition coefficient (Wildman–Crippen LogP) is 3.95. The van der Waals surface area contributed by atoms with Crippen molar-refractivity contribution in [3.8, 4) is 10.6 Å². The van der Waals surface area contributed by atoms with Crippen LogP contribution in [0, 0.1) is 0 Å². The van der Waals surface area contributed by atoms with Gasteiger partial charge in [-0.25, -0.2) is 4.98 Å². The smallest absolute Gasteiger partial charge is 0.140 e. The zero-order chi connectivity index (χ0) is 10.3. The molecule has 0 fully saturated rings. The van der Waals surface area contributed by atoms with E-state index in [0.717, 1.165) is 5.01 Å². The van der Waals surface area contributed by atoms with Gasteiger partial charge >= 0.3 is 0 Å². The van der Waals surface area contributed by atoms with Crippen molar-refractivity contribution in [2.75, 3.05) is 0 Å². The average molecular weight is 236 g/mol. The van der Waals surface area contributed by atoms with Crippen LogP contribution in [0.15, 0.2) is 23.6 Å². The molecule has 0 N–H and O–H groups in total. The summed E-state index contributed by atoms with van der Waals surface area (Å²) in [6.45, 7) is 0. The number of benzene rings is 1. The summed E-state index contributed by atoms with van der Waals surface area (Å²) in [5.74, 6) is 0. The third kappa shape index (κ3) is 1.68. The summed E-state index contributed by atoms with van der Waals surface area (Å²) < 4.78 is 0. The van der Waals surface area contributed by atoms with Crippen molar-refractivity contribution in [3.05, 3.63) is 39.9 Å². The fourth-order valence-corrected chi connectivity index (χ4v) is 3.04. The zero-order valence-electron chi connectivity index (χ0n) is 8.16. The van der Waals surface area contributed by atoms with Gasteiger partial charge in [0.2, 0.25) is 0 Å². The van der Waals surface area contributed by atoms with Gasteiger partial charge in [0.25, 0.3) is 0 Å². The molecule has 0 amide bonds. The van der Waals surface area contributed by atoms with Crippen molar-refractivity contribution in [3.63, 3.8) is 0 Å². The third-order valence-corrected chi connectivity index (χ3v) is 4.04. The van der Waals surface area contributed by atoms with Crippen LogP contribution in [-0.2, 0) is 12.8 Å². The number of halogens is 1. The molecular formula is C12H10ClNS. The van der Waals surface area contributed by atoms with Gasteiger partial charge in [-0.1, -0.05) is 23.7 Å². The highest BCUT2D eigenvalue weighted by Crippen LogP contribution is 2.30. The first-order valence-corrected chi connectivity index (χ1v) is 6.32. The first kappa shape index (κ1) is 9.37. The Morgan fingerprint density at radius 2 is 2.07 bits per heavy atom. The maximum Gasteiger partial charge on any atom is 0.140 e. The molecule has 0 saturated carbocycles. The number of aromatic nitrogens is 1. The number of rotatable bonds is 1. The predicted molar refractivity (Wildman–Crippen MR) is 64.6 cm³/mol. The van der Waals surface area contributed by atoms with Gasteiger partial charge in [-0.15, -0.1) is 11.3 Å². The fourth-order valence-electron chi connectivity index (χ4n) is 2.09. The van der Waals surface area contributed by atoms with E-state index in [9.17, 15) is 0 Å². The lowest BCUT2D eigenvalue weighted by molar-refractivity contribution is 0.912. The SMILES string of the molecule is Clc1csc(-c2ccc3c(c2)CCC3)n1. The number of hydrogen-bond donors (Lipinski definition) is 0. The van der Waals surface area contributed by atoms with E-state index in [-0.39, 0.29) is 0 Å². The van der Waals surface area contributed by atoms with Crippen molar-refractivity contribution >= 4 is 22.9 Å². The number of fused-ring (bicyclic) bond motifs is 1. The third-order valence-electron chi connectivity index (χ3n) is 2.82. The van der Waals surface area contributed by atoms with Crippen LogP contribution in [0.3, 0.4) is 0 Å². The average Bonchev–Trinajstić information content (AvgIpc) is 2.84. The molecule has 1 aliphatic carbocycles. The quantitative estimate of drug-likeness (QED) is 0.729. The van der Waals surface area contributed by atoms with Crippen LogP contribution in [0.1, 0.15) is 17.5 Å². The number of thiazole rings is 1. The Morgan fingerprint density at radius 3 is 2.87 bits per heavy atom. The van der Waals surface area contributed by atoms with Gasteiger partial charge in [0.1, 0.15) is 10.2 Å². The molecule has 0 radical (unpaired) electrons. The molecule has 1 aromatic heterocycles. The Hall–Kier alpha value is -0.860. The van der Waals surface area contributed by atoms with E-state index < -0.39 is 0 Å². The van der Waals surface area contributed by atoms with Gasteiger partial charge < -0.3 is 0 Å². The van der Waals surface area contributed by atoms with Crippen LogP contribution in [0.25, 0.3) is 10.6 Å². The second-order valence-corrected chi connectivity index (χ2v) is 5.06. The molecule has 0 aliphatic heterocycles. The minimum atomic E-state index is 0.593. The van der Waals surface area contributed by atoms with Crippen LogP contribution in [0.5, 0.6) is 0 Å². The fraction of sp³-hybridized carbons (Fsp3) is 0.250. The van der Waals surface area contributed by atoms with Crippen molar-refractivity contribution in [1.29, 1.82) is 0 Å². The highest BCUT2D eigenvalue weighted by Gasteiger charge is 2.12. The van der Waals surface area contributed by atoms with E-state index in [1.165, 1.54) is 36.0 Å². The van der Waals surface area contributed by atoms with Gasteiger partial charge in [0.05, 0.1) is 0 Å².